The molecule has 2 atom stereocenters. The first-order valence-electron chi connectivity index (χ1n) is 8.68. The van der Waals surface area contributed by atoms with Crippen LogP contribution in [-0.2, 0) is 21.4 Å². The van der Waals surface area contributed by atoms with Gasteiger partial charge in [-0.1, -0.05) is 12.1 Å². The van der Waals surface area contributed by atoms with Crippen LogP contribution in [0.5, 0.6) is 0 Å². The molecule has 0 radical (unpaired) electrons. The number of methoxy groups -OCH3 is 1. The average Bonchev–Trinajstić information content (AvgIpc) is 3.10. The summed E-state index contributed by atoms with van der Waals surface area (Å²) < 4.78 is 19.8. The number of benzene rings is 1. The Morgan fingerprint density at radius 1 is 1.32 bits per heavy atom. The monoisotopic (exact) mass is 388 g/mol. The maximum Gasteiger partial charge on any atom is 0.358 e. The fourth-order valence-corrected chi connectivity index (χ4v) is 3.61. The van der Waals surface area contributed by atoms with Gasteiger partial charge in [-0.15, -0.1) is 0 Å². The number of anilines is 1. The van der Waals surface area contributed by atoms with E-state index in [1.807, 2.05) is 0 Å². The van der Waals surface area contributed by atoms with Crippen LogP contribution in [0.3, 0.4) is 0 Å². The minimum Gasteiger partial charge on any atom is -0.464 e. The summed E-state index contributed by atoms with van der Waals surface area (Å²) >= 11 is 0. The van der Waals surface area contributed by atoms with Gasteiger partial charge >= 0.3 is 5.97 Å². The number of esters is 1. The maximum absolute atomic E-state index is 13.7. The number of halogens is 1. The van der Waals surface area contributed by atoms with E-state index in [9.17, 15) is 18.8 Å². The molecule has 9 heteroatoms. The molecule has 1 aromatic heterocycles. The van der Waals surface area contributed by atoms with Crippen LogP contribution in [0.4, 0.5) is 10.1 Å². The topological polar surface area (TPSA) is 93.5 Å². The Kier molecular flexibility index (Phi) is 5.17. The summed E-state index contributed by atoms with van der Waals surface area (Å²) in [6, 6.07) is 5.23. The van der Waals surface area contributed by atoms with Gasteiger partial charge in [0, 0.05) is 20.5 Å². The molecule has 28 heavy (non-hydrogen) atoms. The number of ether oxygens (including phenoxy) is 1. The van der Waals surface area contributed by atoms with E-state index in [2.05, 4.69) is 10.4 Å². The van der Waals surface area contributed by atoms with Gasteiger partial charge in [0.2, 0.25) is 11.8 Å². The zero-order valence-corrected chi connectivity index (χ0v) is 16.0. The number of hydrogen-bond acceptors (Lipinski definition) is 5. The van der Waals surface area contributed by atoms with E-state index in [0.29, 0.717) is 11.3 Å². The first kappa shape index (κ1) is 19.5. The van der Waals surface area contributed by atoms with Gasteiger partial charge < -0.3 is 15.0 Å². The normalized spacial score (nSPS) is 19.0. The molecular weight excluding hydrogens is 367 g/mol. The molecule has 1 N–H and O–H groups in total. The number of nitrogens with one attached hydrogen (secondary N) is 1. The Morgan fingerprint density at radius 3 is 2.68 bits per heavy atom. The number of nitrogens with zero attached hydrogens (tertiary/aromatic N) is 3. The van der Waals surface area contributed by atoms with Gasteiger partial charge in [-0.2, -0.15) is 5.10 Å². The van der Waals surface area contributed by atoms with E-state index in [4.69, 9.17) is 4.74 Å². The third kappa shape index (κ3) is 3.35. The summed E-state index contributed by atoms with van der Waals surface area (Å²) in [4.78, 5) is 38.8. The Balaban J connectivity index is 1.94. The first-order valence-corrected chi connectivity index (χ1v) is 8.68. The highest BCUT2D eigenvalue weighted by Crippen LogP contribution is 2.38. The number of hydrogen-bond donors (Lipinski definition) is 1. The van der Waals surface area contributed by atoms with Crippen LogP contribution in [0.15, 0.2) is 24.3 Å². The van der Waals surface area contributed by atoms with Gasteiger partial charge in [-0.25, -0.2) is 9.18 Å². The van der Waals surface area contributed by atoms with E-state index >= 15 is 0 Å². The quantitative estimate of drug-likeness (QED) is 0.807. The molecule has 1 aromatic carbocycles. The lowest BCUT2D eigenvalue weighted by Gasteiger charge is -2.25. The molecule has 0 saturated carbocycles. The Labute approximate surface area is 161 Å². The van der Waals surface area contributed by atoms with Crippen molar-refractivity contribution in [3.63, 3.8) is 0 Å². The molecule has 0 spiro atoms. The summed E-state index contributed by atoms with van der Waals surface area (Å²) in [7, 11) is 4.39. The predicted molar refractivity (Wildman–Crippen MR) is 97.9 cm³/mol. The number of carbonyl (C=O) groups is 3. The fourth-order valence-electron chi connectivity index (χ4n) is 3.61. The minimum atomic E-state index is -0.746. The Bertz CT molecular complexity index is 955. The molecule has 2 aromatic rings. The molecule has 8 nitrogen and oxygen atoms in total. The zero-order valence-electron chi connectivity index (χ0n) is 16.0. The van der Waals surface area contributed by atoms with Crippen LogP contribution in [0.25, 0.3) is 0 Å². The summed E-state index contributed by atoms with van der Waals surface area (Å²) in [6.45, 7) is 1.65. The Hall–Kier alpha value is -3.23. The highest BCUT2D eigenvalue weighted by molar-refractivity contribution is 6.03. The van der Waals surface area contributed by atoms with E-state index in [1.165, 1.54) is 34.9 Å². The molecular formula is C19H21FN4O4. The molecule has 2 unspecified atom stereocenters. The van der Waals surface area contributed by atoms with Crippen molar-refractivity contribution in [1.29, 1.82) is 0 Å². The molecule has 1 aliphatic heterocycles. The molecule has 2 heterocycles. The smallest absolute Gasteiger partial charge is 0.358 e. The van der Waals surface area contributed by atoms with Crippen LogP contribution >= 0.6 is 0 Å². The van der Waals surface area contributed by atoms with Gasteiger partial charge in [-0.3, -0.25) is 14.3 Å². The van der Waals surface area contributed by atoms with Crippen molar-refractivity contribution in [3.05, 3.63) is 47.0 Å². The summed E-state index contributed by atoms with van der Waals surface area (Å²) in [5.41, 5.74) is 1.31. The molecule has 3 rings (SSSR count). The van der Waals surface area contributed by atoms with Crippen molar-refractivity contribution in [2.45, 2.75) is 19.4 Å². The van der Waals surface area contributed by atoms with Crippen molar-refractivity contribution in [1.82, 2.24) is 14.7 Å². The van der Waals surface area contributed by atoms with Gasteiger partial charge in [0.25, 0.3) is 0 Å². The van der Waals surface area contributed by atoms with Crippen molar-refractivity contribution >= 4 is 23.5 Å². The average molecular weight is 388 g/mol. The number of rotatable bonds is 4. The van der Waals surface area contributed by atoms with Crippen LogP contribution in [0.1, 0.15) is 34.2 Å². The lowest BCUT2D eigenvalue weighted by molar-refractivity contribution is -0.128. The highest BCUT2D eigenvalue weighted by atomic mass is 19.1. The zero-order chi connectivity index (χ0) is 20.6. The Morgan fingerprint density at radius 2 is 2.04 bits per heavy atom. The maximum atomic E-state index is 13.7. The molecule has 1 aliphatic rings. The van der Waals surface area contributed by atoms with Gasteiger partial charge in [0.1, 0.15) is 5.82 Å². The number of aromatic nitrogens is 2. The van der Waals surface area contributed by atoms with Crippen molar-refractivity contribution in [2.75, 3.05) is 19.5 Å². The molecule has 0 bridgehead atoms. The second-order valence-corrected chi connectivity index (χ2v) is 6.73. The van der Waals surface area contributed by atoms with Crippen molar-refractivity contribution < 1.29 is 23.5 Å². The van der Waals surface area contributed by atoms with Crippen LogP contribution < -0.4 is 5.32 Å². The first-order chi connectivity index (χ1) is 13.2. The molecule has 148 valence electrons. The molecule has 1 saturated heterocycles. The van der Waals surface area contributed by atoms with Crippen LogP contribution in [0, 0.1) is 18.7 Å². The van der Waals surface area contributed by atoms with E-state index in [0.717, 1.165) is 0 Å². The number of likely N-dealkylation sites (tertiary alicyclic amines) is 1. The van der Waals surface area contributed by atoms with E-state index < -0.39 is 29.7 Å². The minimum absolute atomic E-state index is 0.0175. The van der Waals surface area contributed by atoms with Crippen LogP contribution in [-0.4, -0.2) is 46.6 Å². The van der Waals surface area contributed by atoms with Crippen molar-refractivity contribution in [2.24, 2.45) is 13.0 Å². The highest BCUT2D eigenvalue weighted by Gasteiger charge is 2.43. The SMILES string of the molecule is COC(=O)c1c(NC(=O)C2CC(=O)N(C)C2c2cccc(F)c2)c(C)nn1C. The second kappa shape index (κ2) is 7.41. The van der Waals surface area contributed by atoms with E-state index in [1.54, 1.807) is 27.1 Å². The molecule has 1 fully saturated rings. The summed E-state index contributed by atoms with van der Waals surface area (Å²) in [6.07, 6.45) is -0.0175. The third-order valence-corrected chi connectivity index (χ3v) is 4.96. The summed E-state index contributed by atoms with van der Waals surface area (Å²) in [5.74, 6) is -2.50. The second-order valence-electron chi connectivity index (χ2n) is 6.73. The fraction of sp³-hybridized carbons (Fsp3) is 0.368. The standard InChI is InChI=1S/C19H21FN4O4/c1-10-15(17(19(27)28-4)24(3)22-10)21-18(26)13-9-14(25)23(2)16(13)11-6-5-7-12(20)8-11/h5-8,13,16H,9H2,1-4H3,(H,21,26). The van der Waals surface area contributed by atoms with E-state index in [-0.39, 0.29) is 23.7 Å². The molecule has 0 aliphatic carbocycles. The lowest BCUT2D eigenvalue weighted by Crippen LogP contribution is -2.30. The lowest BCUT2D eigenvalue weighted by atomic mass is 9.92. The number of aryl methyl sites for hydroxylation is 2. The van der Waals surface area contributed by atoms with Crippen molar-refractivity contribution in [3.8, 4) is 0 Å². The number of carbonyl (C=O) groups excluding carboxylic acids is 3. The van der Waals surface area contributed by atoms with Gasteiger partial charge in [0.05, 0.1) is 30.5 Å². The van der Waals surface area contributed by atoms with Crippen LogP contribution in [0.2, 0.25) is 0 Å². The number of amides is 2. The third-order valence-electron chi connectivity index (χ3n) is 4.96. The van der Waals surface area contributed by atoms with Gasteiger partial charge in [0.15, 0.2) is 5.69 Å². The van der Waals surface area contributed by atoms with Gasteiger partial charge in [-0.05, 0) is 24.6 Å². The summed E-state index contributed by atoms with van der Waals surface area (Å²) in [5, 5.41) is 6.87. The predicted octanol–water partition coefficient (Wildman–Crippen LogP) is 1.81. The largest absolute Gasteiger partial charge is 0.464 e. The molecule has 2 amide bonds.